The molecule has 0 radical (unpaired) electrons. The van der Waals surface area contributed by atoms with E-state index in [1.54, 1.807) is 24.3 Å². The number of carbonyl (C=O) groups is 1. The van der Waals surface area contributed by atoms with E-state index in [-0.39, 0.29) is 11.7 Å². The van der Waals surface area contributed by atoms with Crippen LogP contribution >= 0.6 is 11.8 Å². The Hall–Kier alpha value is -1.20. The lowest BCUT2D eigenvalue weighted by atomic mass is 10.1. The molecule has 0 saturated heterocycles. The molecule has 118 valence electrons. The number of phenols is 1. The summed E-state index contributed by atoms with van der Waals surface area (Å²) < 4.78 is 0. The molecule has 21 heavy (non-hydrogen) atoms. The Balaban J connectivity index is 2.15. The average molecular weight is 310 g/mol. The first-order valence-electron chi connectivity index (χ1n) is 7.43. The summed E-state index contributed by atoms with van der Waals surface area (Å²) in [5.74, 6) is 1.33. The van der Waals surface area contributed by atoms with E-state index in [0.29, 0.717) is 13.0 Å². The minimum atomic E-state index is -0.536. The van der Waals surface area contributed by atoms with Gasteiger partial charge >= 0.3 is 0 Å². The Labute approximate surface area is 131 Å². The number of thioether (sulfide) groups is 1. The minimum Gasteiger partial charge on any atom is -0.508 e. The van der Waals surface area contributed by atoms with Gasteiger partial charge in [-0.3, -0.25) is 4.79 Å². The average Bonchev–Trinajstić information content (AvgIpc) is 2.48. The molecule has 0 aliphatic heterocycles. The fraction of sp³-hybridized carbons (Fsp3) is 0.562. The molecule has 0 bridgehead atoms. The van der Waals surface area contributed by atoms with Crippen molar-refractivity contribution < 1.29 is 9.90 Å². The molecule has 4 N–H and O–H groups in total. The number of nitrogens with two attached hydrogens (primary N) is 1. The zero-order chi connectivity index (χ0) is 15.5. The molecule has 0 aliphatic rings. The van der Waals surface area contributed by atoms with E-state index in [2.05, 4.69) is 11.6 Å². The normalized spacial score (nSPS) is 12.1. The second-order valence-corrected chi connectivity index (χ2v) is 6.16. The summed E-state index contributed by atoms with van der Waals surface area (Å²) in [4.78, 5) is 11.9. The Morgan fingerprint density at radius 1 is 1.24 bits per heavy atom. The number of hydrogen-bond donors (Lipinski definition) is 3. The van der Waals surface area contributed by atoms with Gasteiger partial charge in [0.2, 0.25) is 5.91 Å². The Morgan fingerprint density at radius 2 is 1.90 bits per heavy atom. The minimum absolute atomic E-state index is 0.104. The van der Waals surface area contributed by atoms with E-state index in [4.69, 9.17) is 5.73 Å². The lowest BCUT2D eigenvalue weighted by Gasteiger charge is -2.12. The maximum atomic E-state index is 11.9. The second-order valence-electron chi connectivity index (χ2n) is 5.18. The van der Waals surface area contributed by atoms with Gasteiger partial charge in [-0.15, -0.1) is 0 Å². The maximum Gasteiger partial charge on any atom is 0.237 e. The third-order valence-corrected chi connectivity index (χ3v) is 4.00. The molecule has 4 nitrogen and oxygen atoms in total. The van der Waals surface area contributed by atoms with Gasteiger partial charge in [0.15, 0.2) is 0 Å². The van der Waals surface area contributed by atoms with Crippen LogP contribution in [0.5, 0.6) is 5.75 Å². The topological polar surface area (TPSA) is 75.4 Å². The van der Waals surface area contributed by atoms with Gasteiger partial charge in [0.25, 0.3) is 0 Å². The van der Waals surface area contributed by atoms with Crippen LogP contribution in [-0.4, -0.2) is 35.6 Å². The van der Waals surface area contributed by atoms with Crippen molar-refractivity contribution in [1.29, 1.82) is 0 Å². The molecule has 0 fully saturated rings. The summed E-state index contributed by atoms with van der Waals surface area (Å²) in [6, 6.07) is 6.25. The summed E-state index contributed by atoms with van der Waals surface area (Å²) in [5.41, 5.74) is 6.84. The second kappa shape index (κ2) is 10.5. The van der Waals surface area contributed by atoms with E-state index < -0.39 is 6.04 Å². The summed E-state index contributed by atoms with van der Waals surface area (Å²) >= 11 is 1.87. The molecule has 1 rings (SSSR count). The molecule has 1 aromatic rings. The first kappa shape index (κ1) is 17.9. The summed E-state index contributed by atoms with van der Waals surface area (Å²) in [6.07, 6.45) is 7.22. The molecule has 0 unspecified atom stereocenters. The van der Waals surface area contributed by atoms with Crippen LogP contribution in [0.2, 0.25) is 0 Å². The van der Waals surface area contributed by atoms with E-state index in [1.807, 2.05) is 11.8 Å². The van der Waals surface area contributed by atoms with Crippen LogP contribution in [0.1, 0.15) is 31.2 Å². The van der Waals surface area contributed by atoms with Crippen molar-refractivity contribution in [2.75, 3.05) is 18.6 Å². The summed E-state index contributed by atoms with van der Waals surface area (Å²) in [5, 5.41) is 12.1. The van der Waals surface area contributed by atoms with Gasteiger partial charge in [-0.05, 0) is 49.0 Å². The molecule has 0 spiro atoms. The molecule has 1 aromatic carbocycles. The van der Waals surface area contributed by atoms with E-state index in [0.717, 1.165) is 18.4 Å². The van der Waals surface area contributed by atoms with Crippen molar-refractivity contribution in [3.8, 4) is 5.75 Å². The van der Waals surface area contributed by atoms with Crippen molar-refractivity contribution in [2.45, 2.75) is 38.1 Å². The smallest absolute Gasteiger partial charge is 0.237 e. The third-order valence-electron chi connectivity index (χ3n) is 3.30. The predicted molar refractivity (Wildman–Crippen MR) is 89.6 cm³/mol. The third kappa shape index (κ3) is 7.97. The van der Waals surface area contributed by atoms with Gasteiger partial charge in [-0.1, -0.05) is 25.0 Å². The van der Waals surface area contributed by atoms with Crippen molar-refractivity contribution >= 4 is 17.7 Å². The molecule has 0 saturated carbocycles. The number of hydrogen-bond acceptors (Lipinski definition) is 4. The fourth-order valence-electron chi connectivity index (χ4n) is 2.05. The number of phenolic OH excluding ortho intramolecular Hbond substituents is 1. The quantitative estimate of drug-likeness (QED) is 0.580. The van der Waals surface area contributed by atoms with Crippen LogP contribution in [0.25, 0.3) is 0 Å². The Morgan fingerprint density at radius 3 is 2.57 bits per heavy atom. The van der Waals surface area contributed by atoms with Crippen LogP contribution in [0.4, 0.5) is 0 Å². The highest BCUT2D eigenvalue weighted by atomic mass is 32.2. The van der Waals surface area contributed by atoms with Gasteiger partial charge < -0.3 is 16.2 Å². The first-order valence-corrected chi connectivity index (χ1v) is 8.83. The Bertz CT molecular complexity index is 409. The van der Waals surface area contributed by atoms with E-state index in [9.17, 15) is 9.90 Å². The number of rotatable bonds is 10. The highest BCUT2D eigenvalue weighted by Crippen LogP contribution is 2.11. The number of benzene rings is 1. The predicted octanol–water partition coefficient (Wildman–Crippen LogP) is 2.30. The molecule has 0 aromatic heterocycles. The van der Waals surface area contributed by atoms with Gasteiger partial charge in [0.1, 0.15) is 5.75 Å². The molecule has 0 heterocycles. The van der Waals surface area contributed by atoms with E-state index in [1.165, 1.54) is 18.6 Å². The van der Waals surface area contributed by atoms with Crippen molar-refractivity contribution in [2.24, 2.45) is 5.73 Å². The number of amides is 1. The van der Waals surface area contributed by atoms with Crippen LogP contribution in [0, 0.1) is 0 Å². The highest BCUT2D eigenvalue weighted by Gasteiger charge is 2.13. The van der Waals surface area contributed by atoms with Gasteiger partial charge in [0, 0.05) is 6.54 Å². The summed E-state index contributed by atoms with van der Waals surface area (Å²) in [7, 11) is 0. The van der Waals surface area contributed by atoms with Crippen molar-refractivity contribution in [1.82, 2.24) is 5.32 Å². The maximum absolute atomic E-state index is 11.9. The lowest BCUT2D eigenvalue weighted by molar-refractivity contribution is -0.122. The molecule has 0 aliphatic carbocycles. The van der Waals surface area contributed by atoms with Crippen LogP contribution in [-0.2, 0) is 11.2 Å². The standard InChI is InChI=1S/C16H26N2O2S/c1-21-11-5-3-2-4-10-18-16(20)15(17)12-13-6-8-14(19)9-7-13/h6-9,15,19H,2-5,10-12,17H2,1H3,(H,18,20)/t15-/m1/s1. The molecular weight excluding hydrogens is 284 g/mol. The van der Waals surface area contributed by atoms with Crippen LogP contribution in [0.15, 0.2) is 24.3 Å². The van der Waals surface area contributed by atoms with Crippen molar-refractivity contribution in [3.05, 3.63) is 29.8 Å². The largest absolute Gasteiger partial charge is 0.508 e. The molecule has 1 amide bonds. The monoisotopic (exact) mass is 310 g/mol. The highest BCUT2D eigenvalue weighted by molar-refractivity contribution is 7.98. The molecule has 5 heteroatoms. The van der Waals surface area contributed by atoms with Crippen LogP contribution < -0.4 is 11.1 Å². The zero-order valence-corrected chi connectivity index (χ0v) is 13.5. The van der Waals surface area contributed by atoms with Crippen LogP contribution in [0.3, 0.4) is 0 Å². The lowest BCUT2D eigenvalue weighted by Crippen LogP contribution is -2.42. The van der Waals surface area contributed by atoms with Crippen molar-refractivity contribution in [3.63, 3.8) is 0 Å². The van der Waals surface area contributed by atoms with Gasteiger partial charge in [-0.2, -0.15) is 11.8 Å². The number of unbranched alkanes of at least 4 members (excludes halogenated alkanes) is 3. The SMILES string of the molecule is CSCCCCCCNC(=O)[C@H](N)Cc1ccc(O)cc1. The fourth-order valence-corrected chi connectivity index (χ4v) is 2.54. The number of nitrogens with one attached hydrogen (secondary N) is 1. The van der Waals surface area contributed by atoms with Gasteiger partial charge in [0.05, 0.1) is 6.04 Å². The Kier molecular flexibility index (Phi) is 8.94. The summed E-state index contributed by atoms with van der Waals surface area (Å²) in [6.45, 7) is 0.696. The zero-order valence-electron chi connectivity index (χ0n) is 12.7. The number of carbonyl (C=O) groups excluding carboxylic acids is 1. The number of aromatic hydroxyl groups is 1. The first-order chi connectivity index (χ1) is 10.1. The molecule has 1 atom stereocenters. The van der Waals surface area contributed by atoms with E-state index >= 15 is 0 Å². The van der Waals surface area contributed by atoms with Gasteiger partial charge in [-0.25, -0.2) is 0 Å². The molecular formula is C16H26N2O2S.